The molecule has 1 heterocycles. The maximum Gasteiger partial charge on any atom is 0.326 e. The third kappa shape index (κ3) is 5.13. The summed E-state index contributed by atoms with van der Waals surface area (Å²) in [6, 6.07) is 23.5. The minimum absolute atomic E-state index is 0.0632. The van der Waals surface area contributed by atoms with Crippen molar-refractivity contribution >= 4 is 34.9 Å². The number of anilines is 3. The van der Waals surface area contributed by atoms with Crippen molar-refractivity contribution in [2.75, 3.05) is 28.6 Å². The van der Waals surface area contributed by atoms with Crippen LogP contribution < -0.4 is 20.9 Å². The maximum absolute atomic E-state index is 12.7. The number of aryl methyl sites for hydroxylation is 1. The van der Waals surface area contributed by atoms with Gasteiger partial charge in [0.25, 0.3) is 5.91 Å². The molecule has 0 fully saturated rings. The van der Waals surface area contributed by atoms with E-state index in [1.54, 1.807) is 42.5 Å². The van der Waals surface area contributed by atoms with Gasteiger partial charge in [0.1, 0.15) is 6.54 Å². The highest BCUT2D eigenvalue weighted by molar-refractivity contribution is 6.12. The van der Waals surface area contributed by atoms with Gasteiger partial charge in [0.05, 0.1) is 11.4 Å². The van der Waals surface area contributed by atoms with Crippen molar-refractivity contribution in [3.63, 3.8) is 0 Å². The van der Waals surface area contributed by atoms with Crippen LogP contribution in [0.25, 0.3) is 0 Å². The number of benzene rings is 3. The first kappa shape index (κ1) is 21.1. The van der Waals surface area contributed by atoms with Gasteiger partial charge in [-0.1, -0.05) is 42.5 Å². The van der Waals surface area contributed by atoms with Crippen LogP contribution in [0.4, 0.5) is 21.9 Å². The first-order valence-electron chi connectivity index (χ1n) is 10.5. The van der Waals surface area contributed by atoms with E-state index in [4.69, 9.17) is 0 Å². The second-order valence-electron chi connectivity index (χ2n) is 7.50. The molecule has 0 atom stereocenters. The van der Waals surface area contributed by atoms with Crippen LogP contribution in [0.1, 0.15) is 22.3 Å². The van der Waals surface area contributed by atoms with Crippen molar-refractivity contribution in [2.24, 2.45) is 0 Å². The molecule has 32 heavy (non-hydrogen) atoms. The van der Waals surface area contributed by atoms with E-state index in [0.29, 0.717) is 29.2 Å². The Balaban J connectivity index is 1.30. The normalized spacial score (nSPS) is 12.5. The number of nitrogens with one attached hydrogen (secondary N) is 3. The van der Waals surface area contributed by atoms with Gasteiger partial charge in [0.2, 0.25) is 5.91 Å². The van der Waals surface area contributed by atoms with Crippen LogP contribution in [0.3, 0.4) is 0 Å². The molecular weight excluding hydrogens is 404 g/mol. The number of carbonyl (C=O) groups excluding carboxylic acids is 3. The number of nitrogens with zero attached hydrogens (tertiary/aromatic N) is 1. The molecule has 3 aromatic carbocycles. The second-order valence-corrected chi connectivity index (χ2v) is 7.50. The fourth-order valence-electron chi connectivity index (χ4n) is 3.55. The summed E-state index contributed by atoms with van der Waals surface area (Å²) in [6.07, 6.45) is 1.76. The Morgan fingerprint density at radius 1 is 0.906 bits per heavy atom. The minimum Gasteiger partial charge on any atom is -0.352 e. The van der Waals surface area contributed by atoms with Gasteiger partial charge < -0.3 is 16.0 Å². The third-order valence-electron chi connectivity index (χ3n) is 5.18. The Morgan fingerprint density at radius 2 is 1.62 bits per heavy atom. The lowest BCUT2D eigenvalue weighted by Gasteiger charge is -2.29. The fraction of sp³-hybridized carbons (Fsp3) is 0.160. The summed E-state index contributed by atoms with van der Waals surface area (Å²) in [5.41, 5.74) is 3.54. The van der Waals surface area contributed by atoms with Gasteiger partial charge >= 0.3 is 6.03 Å². The third-order valence-corrected chi connectivity index (χ3v) is 5.18. The lowest BCUT2D eigenvalue weighted by molar-refractivity contribution is -0.115. The van der Waals surface area contributed by atoms with E-state index in [2.05, 4.69) is 28.1 Å². The molecule has 1 aliphatic rings. The molecule has 7 heteroatoms. The number of para-hydroxylation sites is 2. The van der Waals surface area contributed by atoms with Gasteiger partial charge in [-0.15, -0.1) is 0 Å². The van der Waals surface area contributed by atoms with E-state index in [1.807, 2.05) is 24.3 Å². The smallest absolute Gasteiger partial charge is 0.326 e. The van der Waals surface area contributed by atoms with Gasteiger partial charge in [-0.3, -0.25) is 14.5 Å². The Morgan fingerprint density at radius 3 is 2.41 bits per heavy atom. The summed E-state index contributed by atoms with van der Waals surface area (Å²) in [5.74, 6) is -0.407. The van der Waals surface area contributed by atoms with Crippen LogP contribution in [0, 0.1) is 0 Å². The molecule has 3 N–H and O–H groups in total. The van der Waals surface area contributed by atoms with Crippen LogP contribution >= 0.6 is 0 Å². The fourth-order valence-corrected chi connectivity index (χ4v) is 3.55. The van der Waals surface area contributed by atoms with E-state index in [1.165, 1.54) is 10.5 Å². The molecule has 0 bridgehead atoms. The molecule has 0 aromatic heterocycles. The van der Waals surface area contributed by atoms with Gasteiger partial charge in [0, 0.05) is 17.8 Å². The SMILES string of the molecule is O=C1CN(C(=O)Nc2ccc(C(=O)NCCCc3ccccc3)cc2)c2ccccc2N1. The van der Waals surface area contributed by atoms with E-state index >= 15 is 0 Å². The van der Waals surface area contributed by atoms with Crippen molar-refractivity contribution in [3.05, 3.63) is 90.0 Å². The summed E-state index contributed by atoms with van der Waals surface area (Å²) in [6.45, 7) is 0.523. The number of fused-ring (bicyclic) bond motifs is 1. The van der Waals surface area contributed by atoms with E-state index < -0.39 is 6.03 Å². The molecule has 0 aliphatic carbocycles. The molecule has 0 saturated heterocycles. The second kappa shape index (κ2) is 9.78. The van der Waals surface area contributed by atoms with Gasteiger partial charge in [0.15, 0.2) is 0 Å². The van der Waals surface area contributed by atoms with Crippen LogP contribution in [0.5, 0.6) is 0 Å². The predicted octanol–water partition coefficient (Wildman–Crippen LogP) is 4.04. The zero-order valence-corrected chi connectivity index (χ0v) is 17.5. The highest BCUT2D eigenvalue weighted by Gasteiger charge is 2.26. The average Bonchev–Trinajstić information content (AvgIpc) is 2.82. The lowest BCUT2D eigenvalue weighted by atomic mass is 10.1. The molecule has 7 nitrogen and oxygen atoms in total. The largest absolute Gasteiger partial charge is 0.352 e. The van der Waals surface area contributed by atoms with Gasteiger partial charge in [-0.05, 0) is 54.8 Å². The monoisotopic (exact) mass is 428 g/mol. The Kier molecular flexibility index (Phi) is 6.46. The average molecular weight is 428 g/mol. The predicted molar refractivity (Wildman–Crippen MR) is 125 cm³/mol. The molecule has 3 aromatic rings. The molecule has 0 radical (unpaired) electrons. The van der Waals surface area contributed by atoms with Crippen molar-refractivity contribution in [1.82, 2.24) is 5.32 Å². The van der Waals surface area contributed by atoms with Crippen LogP contribution in [0.2, 0.25) is 0 Å². The van der Waals surface area contributed by atoms with Gasteiger partial charge in [-0.2, -0.15) is 0 Å². The number of carbonyl (C=O) groups is 3. The summed E-state index contributed by atoms with van der Waals surface area (Å²) in [7, 11) is 0. The topological polar surface area (TPSA) is 90.5 Å². The van der Waals surface area contributed by atoms with E-state index in [0.717, 1.165) is 12.8 Å². The maximum atomic E-state index is 12.7. The van der Waals surface area contributed by atoms with Crippen molar-refractivity contribution in [3.8, 4) is 0 Å². The summed E-state index contributed by atoms with van der Waals surface area (Å²) in [4.78, 5) is 38.4. The Bertz CT molecular complexity index is 1110. The molecule has 1 aliphatic heterocycles. The number of hydrogen-bond donors (Lipinski definition) is 3. The lowest BCUT2D eigenvalue weighted by Crippen LogP contribution is -2.44. The summed E-state index contributed by atoms with van der Waals surface area (Å²) >= 11 is 0. The Labute approximate surface area is 186 Å². The van der Waals surface area contributed by atoms with Gasteiger partial charge in [-0.25, -0.2) is 4.79 Å². The highest BCUT2D eigenvalue weighted by atomic mass is 16.2. The zero-order valence-electron chi connectivity index (χ0n) is 17.5. The molecule has 162 valence electrons. The number of amides is 4. The van der Waals surface area contributed by atoms with Crippen LogP contribution in [0.15, 0.2) is 78.9 Å². The molecule has 0 unspecified atom stereocenters. The highest BCUT2D eigenvalue weighted by Crippen LogP contribution is 2.29. The molecule has 0 saturated carbocycles. The van der Waals surface area contributed by atoms with Crippen molar-refractivity contribution in [2.45, 2.75) is 12.8 Å². The first-order chi connectivity index (χ1) is 15.6. The number of hydrogen-bond acceptors (Lipinski definition) is 3. The zero-order chi connectivity index (χ0) is 22.3. The van der Waals surface area contributed by atoms with E-state index in [-0.39, 0.29) is 18.4 Å². The molecule has 0 spiro atoms. The van der Waals surface area contributed by atoms with E-state index in [9.17, 15) is 14.4 Å². The summed E-state index contributed by atoms with van der Waals surface area (Å²) < 4.78 is 0. The summed E-state index contributed by atoms with van der Waals surface area (Å²) in [5, 5.41) is 8.46. The standard InChI is InChI=1S/C25H24N4O3/c30-23-17-29(22-11-5-4-10-21(22)28-23)25(32)27-20-14-12-19(13-15-20)24(31)26-16-6-9-18-7-2-1-3-8-18/h1-5,7-8,10-15H,6,9,16-17H2,(H,26,31)(H,27,32)(H,28,30). The molecule has 4 rings (SSSR count). The molecular formula is C25H24N4O3. The number of urea groups is 1. The minimum atomic E-state index is -0.412. The molecule has 4 amide bonds. The van der Waals surface area contributed by atoms with Crippen LogP contribution in [-0.4, -0.2) is 30.9 Å². The number of rotatable bonds is 6. The Hall–Kier alpha value is -4.13. The van der Waals surface area contributed by atoms with Crippen molar-refractivity contribution < 1.29 is 14.4 Å². The first-order valence-corrected chi connectivity index (χ1v) is 10.5. The van der Waals surface area contributed by atoms with Crippen molar-refractivity contribution in [1.29, 1.82) is 0 Å². The quantitative estimate of drug-likeness (QED) is 0.518. The van der Waals surface area contributed by atoms with Crippen LogP contribution in [-0.2, 0) is 11.2 Å².